The monoisotopic (exact) mass is 579 g/mol. The van der Waals surface area contributed by atoms with Crippen LogP contribution < -0.4 is 20.4 Å². The van der Waals surface area contributed by atoms with Crippen LogP contribution in [0.25, 0.3) is 28.0 Å². The Hall–Kier alpha value is -4.96. The molecule has 0 bridgehead atoms. The molecule has 0 aliphatic rings. The lowest BCUT2D eigenvalue weighted by atomic mass is 10.1. The van der Waals surface area contributed by atoms with E-state index in [9.17, 15) is 14.0 Å². The average molecular weight is 580 g/mol. The lowest BCUT2D eigenvalue weighted by molar-refractivity contribution is 0.301. The Morgan fingerprint density at radius 2 is 1.79 bits per heavy atom. The van der Waals surface area contributed by atoms with E-state index < -0.39 is 16.9 Å². The first kappa shape index (κ1) is 27.2. The summed E-state index contributed by atoms with van der Waals surface area (Å²) in [5.74, 6) is -0.330. The predicted molar refractivity (Wildman–Crippen MR) is 161 cm³/mol. The van der Waals surface area contributed by atoms with Crippen molar-refractivity contribution in [1.82, 2.24) is 24.4 Å². The van der Waals surface area contributed by atoms with Crippen molar-refractivity contribution in [3.05, 3.63) is 132 Å². The van der Waals surface area contributed by atoms with Gasteiger partial charge >= 0.3 is 0 Å². The molecular weight excluding hydrogens is 553 g/mol. The topological polar surface area (TPSA) is 91.4 Å². The van der Waals surface area contributed by atoms with Crippen LogP contribution in [-0.4, -0.2) is 31.0 Å². The number of aromatic nitrogens is 5. The highest BCUT2D eigenvalue weighted by Gasteiger charge is 2.16. The van der Waals surface area contributed by atoms with Gasteiger partial charge in [0.05, 0.1) is 16.8 Å². The van der Waals surface area contributed by atoms with Gasteiger partial charge in [0, 0.05) is 23.7 Å². The number of halogens is 1. The fraction of sp³-hybridized carbons (Fsp3) is 0.156. The van der Waals surface area contributed by atoms with Crippen molar-refractivity contribution in [2.45, 2.75) is 26.7 Å². The number of ether oxygens (including phenoxy) is 1. The van der Waals surface area contributed by atoms with Crippen molar-refractivity contribution in [3.63, 3.8) is 0 Å². The van der Waals surface area contributed by atoms with E-state index >= 15 is 0 Å². The molecule has 0 N–H and O–H groups in total. The number of hydrogen-bond acceptors (Lipinski definition) is 7. The van der Waals surface area contributed by atoms with Crippen LogP contribution in [0.3, 0.4) is 0 Å². The number of rotatable bonds is 8. The van der Waals surface area contributed by atoms with E-state index in [0.717, 1.165) is 34.6 Å². The van der Waals surface area contributed by atoms with Crippen molar-refractivity contribution >= 4 is 22.4 Å². The summed E-state index contributed by atoms with van der Waals surface area (Å²) in [6.07, 6.45) is 4.48. The molecule has 8 nitrogen and oxygen atoms in total. The van der Waals surface area contributed by atoms with Gasteiger partial charge in [0.1, 0.15) is 11.4 Å². The molecule has 0 amide bonds. The molecule has 0 atom stereocenters. The van der Waals surface area contributed by atoms with Crippen LogP contribution in [-0.2, 0) is 6.42 Å². The molecule has 0 saturated heterocycles. The molecule has 3 aromatic heterocycles. The van der Waals surface area contributed by atoms with Gasteiger partial charge < -0.3 is 4.74 Å². The van der Waals surface area contributed by atoms with Crippen LogP contribution in [0.15, 0.2) is 88.6 Å². The van der Waals surface area contributed by atoms with Crippen molar-refractivity contribution in [2.75, 3.05) is 6.61 Å². The average Bonchev–Trinajstić information content (AvgIpc) is 3.55. The summed E-state index contributed by atoms with van der Waals surface area (Å²) >= 11 is 1.06. The van der Waals surface area contributed by atoms with Crippen LogP contribution in [0, 0.1) is 12.7 Å². The number of fused-ring (bicyclic) bond motifs is 1. The van der Waals surface area contributed by atoms with Crippen LogP contribution in [0.1, 0.15) is 35.7 Å². The molecule has 6 rings (SSSR count). The largest absolute Gasteiger partial charge is 0.491 e. The van der Waals surface area contributed by atoms with Gasteiger partial charge in [0.15, 0.2) is 11.6 Å². The Morgan fingerprint density at radius 1 is 1.00 bits per heavy atom. The van der Waals surface area contributed by atoms with Gasteiger partial charge in [0.2, 0.25) is 4.96 Å². The molecule has 42 heavy (non-hydrogen) atoms. The summed E-state index contributed by atoms with van der Waals surface area (Å²) in [4.78, 5) is 30.6. The van der Waals surface area contributed by atoms with E-state index in [-0.39, 0.29) is 22.8 Å². The minimum absolute atomic E-state index is 0.170. The Labute approximate surface area is 244 Å². The molecule has 0 fully saturated rings. The number of hydrogen-bond donors (Lipinski definition) is 0. The Balaban J connectivity index is 1.45. The maximum absolute atomic E-state index is 14.9. The maximum Gasteiger partial charge on any atom is 0.296 e. The third-order valence-electron chi connectivity index (χ3n) is 6.66. The number of nitrogens with zero attached hydrogens (tertiary/aromatic N) is 5. The quantitative estimate of drug-likeness (QED) is 0.259. The minimum atomic E-state index is -0.499. The summed E-state index contributed by atoms with van der Waals surface area (Å²) in [6, 6.07) is 22.0. The van der Waals surface area contributed by atoms with E-state index in [1.807, 2.05) is 68.4 Å². The van der Waals surface area contributed by atoms with Gasteiger partial charge in [-0.1, -0.05) is 66.3 Å². The standard InChI is InChI=1S/C32H26FN5O3S/c1-3-15-41-27-14-13-22(17-25(27)33)29-23(19-37(36-29)24-7-5-4-6-8-24)18-28-31(40)38-32(42-28)34-30(39)26(35-38)16-21-11-9-20(2)10-12-21/h4-14,17-19H,3,15-16H2,1-2H3/b28-18+. The summed E-state index contributed by atoms with van der Waals surface area (Å²) in [7, 11) is 0. The summed E-state index contributed by atoms with van der Waals surface area (Å²) in [5.41, 5.74) is 3.72. The molecule has 0 unspecified atom stereocenters. The molecule has 0 spiro atoms. The van der Waals surface area contributed by atoms with E-state index in [1.54, 1.807) is 29.1 Å². The summed E-state index contributed by atoms with van der Waals surface area (Å²) < 4.78 is 23.6. The van der Waals surface area contributed by atoms with Crippen molar-refractivity contribution in [1.29, 1.82) is 0 Å². The fourth-order valence-electron chi connectivity index (χ4n) is 4.50. The number of benzene rings is 3. The molecular formula is C32H26FN5O3S. The first-order valence-corrected chi connectivity index (χ1v) is 14.3. The summed E-state index contributed by atoms with van der Waals surface area (Å²) in [6.45, 7) is 4.35. The first-order chi connectivity index (χ1) is 20.4. The molecule has 0 saturated carbocycles. The van der Waals surface area contributed by atoms with Crippen molar-refractivity contribution < 1.29 is 9.13 Å². The van der Waals surface area contributed by atoms with Crippen LogP contribution >= 0.6 is 11.3 Å². The zero-order valence-electron chi connectivity index (χ0n) is 23.0. The zero-order valence-corrected chi connectivity index (χ0v) is 23.8. The molecule has 3 aromatic carbocycles. The molecule has 0 aliphatic carbocycles. The highest BCUT2D eigenvalue weighted by Crippen LogP contribution is 2.28. The minimum Gasteiger partial charge on any atom is -0.491 e. The lowest BCUT2D eigenvalue weighted by Gasteiger charge is -2.07. The van der Waals surface area contributed by atoms with E-state index in [0.29, 0.717) is 28.0 Å². The van der Waals surface area contributed by atoms with Crippen molar-refractivity contribution in [3.8, 4) is 22.7 Å². The Bertz CT molecular complexity index is 2070. The Morgan fingerprint density at radius 3 is 2.52 bits per heavy atom. The number of aryl methyl sites for hydroxylation is 1. The molecule has 210 valence electrons. The molecule has 0 aliphatic heterocycles. The van der Waals surface area contributed by atoms with Gasteiger partial charge in [-0.15, -0.1) is 0 Å². The predicted octanol–water partition coefficient (Wildman–Crippen LogP) is 4.74. The highest BCUT2D eigenvalue weighted by molar-refractivity contribution is 7.15. The van der Waals surface area contributed by atoms with Gasteiger partial charge in [-0.25, -0.2) is 9.07 Å². The number of thiazole rings is 1. The summed E-state index contributed by atoms with van der Waals surface area (Å²) in [5, 5.41) is 9.11. The molecule has 0 radical (unpaired) electrons. The first-order valence-electron chi connectivity index (χ1n) is 13.5. The Kier molecular flexibility index (Phi) is 7.45. The number of para-hydroxylation sites is 1. The molecule has 6 aromatic rings. The maximum atomic E-state index is 14.9. The third-order valence-corrected chi connectivity index (χ3v) is 7.62. The normalized spacial score (nSPS) is 11.8. The second-order valence-corrected chi connectivity index (χ2v) is 10.9. The van der Waals surface area contributed by atoms with E-state index in [4.69, 9.17) is 9.84 Å². The van der Waals surface area contributed by atoms with Gasteiger partial charge in [0.25, 0.3) is 11.1 Å². The van der Waals surface area contributed by atoms with Crippen LogP contribution in [0.2, 0.25) is 0 Å². The highest BCUT2D eigenvalue weighted by atomic mass is 32.1. The van der Waals surface area contributed by atoms with E-state index in [1.165, 1.54) is 10.6 Å². The van der Waals surface area contributed by atoms with Crippen LogP contribution in [0.5, 0.6) is 5.75 Å². The lowest BCUT2D eigenvalue weighted by Crippen LogP contribution is -2.28. The van der Waals surface area contributed by atoms with E-state index in [2.05, 4.69) is 10.1 Å². The second-order valence-electron chi connectivity index (χ2n) is 9.84. The van der Waals surface area contributed by atoms with Gasteiger partial charge in [-0.05, 0) is 55.3 Å². The SMILES string of the molecule is CCCOc1ccc(-c2nn(-c3ccccc3)cc2/C=c2/sc3nc(=O)c(Cc4ccc(C)cc4)nn3c2=O)cc1F. The fourth-order valence-corrected chi connectivity index (χ4v) is 5.40. The van der Waals surface area contributed by atoms with Crippen molar-refractivity contribution in [2.24, 2.45) is 0 Å². The smallest absolute Gasteiger partial charge is 0.296 e. The van der Waals surface area contributed by atoms with Crippen LogP contribution in [0.4, 0.5) is 4.39 Å². The molecule has 10 heteroatoms. The van der Waals surface area contributed by atoms with Gasteiger partial charge in [-0.2, -0.15) is 19.7 Å². The second kappa shape index (κ2) is 11.5. The van der Waals surface area contributed by atoms with Gasteiger partial charge in [-0.3, -0.25) is 9.59 Å². The third kappa shape index (κ3) is 5.48. The molecule has 3 heterocycles. The zero-order chi connectivity index (χ0) is 29.2.